The fraction of sp³-hybridized carbons (Fsp3) is 0.350. The van der Waals surface area contributed by atoms with E-state index in [0.29, 0.717) is 18.1 Å². The number of anilines is 1. The molecule has 5 heteroatoms. The van der Waals surface area contributed by atoms with Gasteiger partial charge in [0.2, 0.25) is 5.95 Å². The van der Waals surface area contributed by atoms with Gasteiger partial charge < -0.3 is 5.32 Å². The van der Waals surface area contributed by atoms with Gasteiger partial charge in [-0.3, -0.25) is 9.36 Å². The van der Waals surface area contributed by atoms with Crippen LogP contribution in [0.1, 0.15) is 39.3 Å². The van der Waals surface area contributed by atoms with Crippen LogP contribution < -0.4 is 10.9 Å². The molecule has 0 saturated heterocycles. The van der Waals surface area contributed by atoms with E-state index in [1.807, 2.05) is 18.2 Å². The van der Waals surface area contributed by atoms with Crippen molar-refractivity contribution in [1.29, 1.82) is 0 Å². The Hall–Kier alpha value is -2.69. The Morgan fingerprint density at radius 2 is 1.84 bits per heavy atom. The van der Waals surface area contributed by atoms with Gasteiger partial charge in [0.05, 0.1) is 6.04 Å². The molecule has 2 heterocycles. The van der Waals surface area contributed by atoms with E-state index in [2.05, 4.69) is 55.1 Å². The van der Waals surface area contributed by atoms with Crippen molar-refractivity contribution in [2.45, 2.75) is 40.3 Å². The molecule has 0 unspecified atom stereocenters. The van der Waals surface area contributed by atoms with Crippen molar-refractivity contribution < 1.29 is 0 Å². The molecule has 0 spiro atoms. The Morgan fingerprint density at radius 1 is 1.12 bits per heavy atom. The highest BCUT2D eigenvalue weighted by Crippen LogP contribution is 2.20. The fourth-order valence-electron chi connectivity index (χ4n) is 2.79. The molecule has 5 nitrogen and oxygen atoms in total. The van der Waals surface area contributed by atoms with E-state index in [-0.39, 0.29) is 17.0 Å². The molecular formula is C20H24N4O. The second-order valence-corrected chi connectivity index (χ2v) is 7.57. The smallest absolute Gasteiger partial charge is 0.252 e. The van der Waals surface area contributed by atoms with Gasteiger partial charge in [0.1, 0.15) is 5.65 Å². The molecule has 3 rings (SSSR count). The van der Waals surface area contributed by atoms with Crippen LogP contribution in [0.4, 0.5) is 5.95 Å². The average Bonchev–Trinajstić information content (AvgIpc) is 2.57. The van der Waals surface area contributed by atoms with E-state index < -0.39 is 0 Å². The molecular weight excluding hydrogens is 312 g/mol. The Kier molecular flexibility index (Phi) is 4.57. The second kappa shape index (κ2) is 6.67. The molecule has 0 amide bonds. The quantitative estimate of drug-likeness (QED) is 0.782. The van der Waals surface area contributed by atoms with Crippen LogP contribution in [0.3, 0.4) is 0 Å². The van der Waals surface area contributed by atoms with Gasteiger partial charge in [-0.05, 0) is 24.0 Å². The molecule has 0 aliphatic rings. The fourth-order valence-corrected chi connectivity index (χ4v) is 2.79. The summed E-state index contributed by atoms with van der Waals surface area (Å²) in [5, 5.41) is 4.18. The Bertz CT molecular complexity index is 926. The standard InChI is InChI=1S/C20H24N4O/c1-14(15-8-6-5-7-9-15)22-19-21-12-16-10-11-17(25)24(18(16)23-19)13-20(2,3)4/h5-12,14H,13H2,1-4H3,(H,21,22,23)/t14-/m0/s1. The average molecular weight is 336 g/mol. The van der Waals surface area contributed by atoms with Crippen molar-refractivity contribution in [2.24, 2.45) is 5.41 Å². The third-order valence-corrected chi connectivity index (χ3v) is 4.00. The van der Waals surface area contributed by atoms with Gasteiger partial charge in [0, 0.05) is 24.2 Å². The van der Waals surface area contributed by atoms with E-state index in [9.17, 15) is 4.79 Å². The third kappa shape index (κ3) is 4.05. The van der Waals surface area contributed by atoms with Crippen LogP contribution in [0.5, 0.6) is 0 Å². The minimum absolute atomic E-state index is 0.0199. The molecule has 25 heavy (non-hydrogen) atoms. The molecule has 0 aliphatic carbocycles. The SMILES string of the molecule is C[C@H](Nc1ncc2ccc(=O)n(CC(C)(C)C)c2n1)c1ccccc1. The summed E-state index contributed by atoms with van der Waals surface area (Å²) in [7, 11) is 0. The summed E-state index contributed by atoms with van der Waals surface area (Å²) in [6, 6.07) is 13.6. The molecule has 1 atom stereocenters. The predicted molar refractivity (Wildman–Crippen MR) is 102 cm³/mol. The van der Waals surface area contributed by atoms with E-state index in [1.165, 1.54) is 0 Å². The molecule has 0 saturated carbocycles. The maximum absolute atomic E-state index is 12.3. The van der Waals surface area contributed by atoms with Crippen LogP contribution in [0.15, 0.2) is 53.5 Å². The number of nitrogens with zero attached hydrogens (tertiary/aromatic N) is 3. The Balaban J connectivity index is 1.98. The summed E-state index contributed by atoms with van der Waals surface area (Å²) in [5.41, 5.74) is 1.77. The first-order chi connectivity index (χ1) is 11.8. The number of hydrogen-bond donors (Lipinski definition) is 1. The normalized spacial score (nSPS) is 13.0. The van der Waals surface area contributed by atoms with Gasteiger partial charge in [-0.1, -0.05) is 51.1 Å². The lowest BCUT2D eigenvalue weighted by atomic mass is 9.97. The number of pyridine rings is 1. The van der Waals surface area contributed by atoms with Crippen LogP contribution in [0, 0.1) is 5.41 Å². The highest BCUT2D eigenvalue weighted by molar-refractivity contribution is 5.75. The van der Waals surface area contributed by atoms with Crippen LogP contribution in [-0.4, -0.2) is 14.5 Å². The lowest BCUT2D eigenvalue weighted by molar-refractivity contribution is 0.343. The highest BCUT2D eigenvalue weighted by Gasteiger charge is 2.16. The third-order valence-electron chi connectivity index (χ3n) is 4.00. The zero-order valence-corrected chi connectivity index (χ0v) is 15.2. The predicted octanol–water partition coefficient (Wildman–Crippen LogP) is 4.01. The zero-order valence-electron chi connectivity index (χ0n) is 15.2. The summed E-state index contributed by atoms with van der Waals surface area (Å²) < 4.78 is 1.73. The minimum Gasteiger partial charge on any atom is -0.348 e. The van der Waals surface area contributed by atoms with E-state index in [4.69, 9.17) is 0 Å². The topological polar surface area (TPSA) is 59.8 Å². The van der Waals surface area contributed by atoms with Crippen molar-refractivity contribution in [2.75, 3.05) is 5.32 Å². The first-order valence-electron chi connectivity index (χ1n) is 8.51. The van der Waals surface area contributed by atoms with Crippen LogP contribution >= 0.6 is 0 Å². The van der Waals surface area contributed by atoms with Gasteiger partial charge >= 0.3 is 0 Å². The summed E-state index contributed by atoms with van der Waals surface area (Å²) in [5.74, 6) is 0.525. The number of benzene rings is 1. The first-order valence-corrected chi connectivity index (χ1v) is 8.51. The first kappa shape index (κ1) is 17.1. The molecule has 0 aliphatic heterocycles. The maximum Gasteiger partial charge on any atom is 0.252 e. The van der Waals surface area contributed by atoms with Gasteiger partial charge in [-0.15, -0.1) is 0 Å². The summed E-state index contributed by atoms with van der Waals surface area (Å²) in [6.45, 7) is 8.99. The van der Waals surface area contributed by atoms with E-state index in [0.717, 1.165) is 10.9 Å². The van der Waals surface area contributed by atoms with Crippen molar-refractivity contribution in [3.63, 3.8) is 0 Å². The van der Waals surface area contributed by atoms with E-state index >= 15 is 0 Å². The lowest BCUT2D eigenvalue weighted by Crippen LogP contribution is -2.27. The Labute approximate surface area is 147 Å². The molecule has 2 aromatic heterocycles. The number of fused-ring (bicyclic) bond motifs is 1. The molecule has 0 bridgehead atoms. The van der Waals surface area contributed by atoms with Crippen LogP contribution in [0.2, 0.25) is 0 Å². The largest absolute Gasteiger partial charge is 0.348 e. The molecule has 130 valence electrons. The Morgan fingerprint density at radius 3 is 2.52 bits per heavy atom. The summed E-state index contributed by atoms with van der Waals surface area (Å²) in [4.78, 5) is 21.4. The molecule has 1 N–H and O–H groups in total. The van der Waals surface area contributed by atoms with Crippen molar-refractivity contribution in [3.8, 4) is 0 Å². The molecule has 0 radical (unpaired) electrons. The summed E-state index contributed by atoms with van der Waals surface area (Å²) in [6.07, 6.45) is 1.76. The second-order valence-electron chi connectivity index (χ2n) is 7.57. The van der Waals surface area contributed by atoms with Gasteiger partial charge in [-0.2, -0.15) is 4.98 Å². The zero-order chi connectivity index (χ0) is 18.0. The van der Waals surface area contributed by atoms with Crippen molar-refractivity contribution in [1.82, 2.24) is 14.5 Å². The van der Waals surface area contributed by atoms with Gasteiger partial charge in [0.15, 0.2) is 0 Å². The van der Waals surface area contributed by atoms with Gasteiger partial charge in [0.25, 0.3) is 5.56 Å². The number of rotatable bonds is 4. The van der Waals surface area contributed by atoms with Crippen molar-refractivity contribution in [3.05, 3.63) is 64.6 Å². The maximum atomic E-state index is 12.3. The molecule has 3 aromatic rings. The van der Waals surface area contributed by atoms with Crippen LogP contribution in [-0.2, 0) is 6.54 Å². The summed E-state index contributed by atoms with van der Waals surface area (Å²) >= 11 is 0. The van der Waals surface area contributed by atoms with Crippen molar-refractivity contribution >= 4 is 17.0 Å². The molecule has 0 fully saturated rings. The minimum atomic E-state index is -0.0387. The number of aromatic nitrogens is 3. The lowest BCUT2D eigenvalue weighted by Gasteiger charge is -2.21. The number of nitrogens with one attached hydrogen (secondary N) is 1. The van der Waals surface area contributed by atoms with Gasteiger partial charge in [-0.25, -0.2) is 4.98 Å². The highest BCUT2D eigenvalue weighted by atomic mass is 16.1. The van der Waals surface area contributed by atoms with E-state index in [1.54, 1.807) is 22.9 Å². The molecule has 1 aromatic carbocycles. The monoisotopic (exact) mass is 336 g/mol. The van der Waals surface area contributed by atoms with Crippen LogP contribution in [0.25, 0.3) is 11.0 Å². The number of hydrogen-bond acceptors (Lipinski definition) is 4.